The molecule has 0 atom stereocenters. The number of nitrogens with two attached hydrogens (primary N) is 1. The molecule has 0 fully saturated rings. The zero-order chi connectivity index (χ0) is 11.1. The average Bonchev–Trinajstić information content (AvgIpc) is 2.27. The first kappa shape index (κ1) is 11.9. The molecule has 0 aromatic heterocycles. The maximum absolute atomic E-state index is 5.61. The molecule has 0 spiro atoms. The summed E-state index contributed by atoms with van der Waals surface area (Å²) in [6, 6.07) is 5.79. The third-order valence-electron chi connectivity index (χ3n) is 2.03. The van der Waals surface area contributed by atoms with Crippen molar-refractivity contribution < 1.29 is 9.47 Å². The van der Waals surface area contributed by atoms with Crippen LogP contribution in [0.25, 0.3) is 0 Å². The van der Waals surface area contributed by atoms with Crippen LogP contribution in [0.3, 0.4) is 0 Å². The van der Waals surface area contributed by atoms with Crippen LogP contribution in [-0.2, 0) is 6.54 Å². The average molecular weight is 209 g/mol. The zero-order valence-electron chi connectivity index (χ0n) is 9.45. The standard InChI is InChI=1S/C12H19NO2/c1-3-7-15-11-6-5-10(9-13)12(8-11)14-4-2/h5-6,8H,3-4,7,9,13H2,1-2H3. The first-order valence-electron chi connectivity index (χ1n) is 5.40. The van der Waals surface area contributed by atoms with E-state index in [0.717, 1.165) is 30.1 Å². The van der Waals surface area contributed by atoms with Gasteiger partial charge in [-0.15, -0.1) is 0 Å². The summed E-state index contributed by atoms with van der Waals surface area (Å²) >= 11 is 0. The Kier molecular flexibility index (Phi) is 4.98. The summed E-state index contributed by atoms with van der Waals surface area (Å²) in [4.78, 5) is 0. The molecule has 0 bridgehead atoms. The Morgan fingerprint density at radius 3 is 2.60 bits per heavy atom. The zero-order valence-corrected chi connectivity index (χ0v) is 9.45. The molecule has 2 N–H and O–H groups in total. The van der Waals surface area contributed by atoms with Gasteiger partial charge in [-0.25, -0.2) is 0 Å². The fourth-order valence-electron chi connectivity index (χ4n) is 1.30. The van der Waals surface area contributed by atoms with Gasteiger partial charge in [-0.1, -0.05) is 13.0 Å². The normalized spacial score (nSPS) is 10.1. The Morgan fingerprint density at radius 1 is 1.20 bits per heavy atom. The minimum Gasteiger partial charge on any atom is -0.493 e. The number of ether oxygens (including phenoxy) is 2. The van der Waals surface area contributed by atoms with Gasteiger partial charge in [0.15, 0.2) is 0 Å². The molecule has 84 valence electrons. The molecular weight excluding hydrogens is 190 g/mol. The molecule has 0 unspecified atom stereocenters. The molecule has 15 heavy (non-hydrogen) atoms. The molecule has 0 saturated heterocycles. The third kappa shape index (κ3) is 3.44. The highest BCUT2D eigenvalue weighted by Crippen LogP contribution is 2.24. The summed E-state index contributed by atoms with van der Waals surface area (Å²) in [7, 11) is 0. The summed E-state index contributed by atoms with van der Waals surface area (Å²) in [5.41, 5.74) is 6.62. The van der Waals surface area contributed by atoms with Crippen LogP contribution >= 0.6 is 0 Å². The maximum atomic E-state index is 5.61. The highest BCUT2D eigenvalue weighted by atomic mass is 16.5. The smallest absolute Gasteiger partial charge is 0.127 e. The van der Waals surface area contributed by atoms with E-state index in [2.05, 4.69) is 6.92 Å². The quantitative estimate of drug-likeness (QED) is 0.782. The Labute approximate surface area is 91.2 Å². The minimum atomic E-state index is 0.489. The van der Waals surface area contributed by atoms with Crippen LogP contribution in [0.4, 0.5) is 0 Å². The molecule has 0 aliphatic rings. The van der Waals surface area contributed by atoms with Gasteiger partial charge in [0.2, 0.25) is 0 Å². The number of rotatable bonds is 6. The van der Waals surface area contributed by atoms with Crippen LogP contribution in [0, 0.1) is 0 Å². The van der Waals surface area contributed by atoms with Gasteiger partial charge in [-0.05, 0) is 19.4 Å². The third-order valence-corrected chi connectivity index (χ3v) is 2.03. The lowest BCUT2D eigenvalue weighted by molar-refractivity contribution is 0.307. The van der Waals surface area contributed by atoms with Crippen molar-refractivity contribution >= 4 is 0 Å². The molecule has 3 nitrogen and oxygen atoms in total. The van der Waals surface area contributed by atoms with E-state index in [1.807, 2.05) is 25.1 Å². The lowest BCUT2D eigenvalue weighted by Crippen LogP contribution is -2.03. The van der Waals surface area contributed by atoms with Gasteiger partial charge in [0.05, 0.1) is 13.2 Å². The van der Waals surface area contributed by atoms with E-state index in [9.17, 15) is 0 Å². The number of benzene rings is 1. The van der Waals surface area contributed by atoms with Gasteiger partial charge in [0.1, 0.15) is 11.5 Å². The highest BCUT2D eigenvalue weighted by molar-refractivity contribution is 5.40. The summed E-state index contributed by atoms with van der Waals surface area (Å²) in [6.07, 6.45) is 1.00. The molecule has 1 aromatic carbocycles. The maximum Gasteiger partial charge on any atom is 0.127 e. The van der Waals surface area contributed by atoms with Crippen LogP contribution in [-0.4, -0.2) is 13.2 Å². The highest BCUT2D eigenvalue weighted by Gasteiger charge is 2.03. The van der Waals surface area contributed by atoms with Crippen molar-refractivity contribution in [1.29, 1.82) is 0 Å². The van der Waals surface area contributed by atoms with Crippen molar-refractivity contribution in [2.45, 2.75) is 26.8 Å². The van der Waals surface area contributed by atoms with E-state index < -0.39 is 0 Å². The molecule has 0 heterocycles. The predicted octanol–water partition coefficient (Wildman–Crippen LogP) is 2.33. The summed E-state index contributed by atoms with van der Waals surface area (Å²) < 4.78 is 11.0. The van der Waals surface area contributed by atoms with Crippen molar-refractivity contribution in [2.24, 2.45) is 5.73 Å². The second kappa shape index (κ2) is 6.30. The molecule has 1 aromatic rings. The molecular formula is C12H19NO2. The fraction of sp³-hybridized carbons (Fsp3) is 0.500. The van der Waals surface area contributed by atoms with Crippen molar-refractivity contribution in [3.05, 3.63) is 23.8 Å². The van der Waals surface area contributed by atoms with Gasteiger partial charge >= 0.3 is 0 Å². The van der Waals surface area contributed by atoms with Crippen molar-refractivity contribution in [2.75, 3.05) is 13.2 Å². The van der Waals surface area contributed by atoms with Gasteiger partial charge in [0.25, 0.3) is 0 Å². The summed E-state index contributed by atoms with van der Waals surface area (Å²) in [5.74, 6) is 1.67. The Morgan fingerprint density at radius 2 is 2.00 bits per heavy atom. The van der Waals surface area contributed by atoms with Crippen molar-refractivity contribution in [3.8, 4) is 11.5 Å². The molecule has 0 amide bonds. The molecule has 1 rings (SSSR count). The lowest BCUT2D eigenvalue weighted by Gasteiger charge is -2.11. The van der Waals surface area contributed by atoms with Crippen LogP contribution in [0.1, 0.15) is 25.8 Å². The minimum absolute atomic E-state index is 0.489. The van der Waals surface area contributed by atoms with Crippen molar-refractivity contribution in [1.82, 2.24) is 0 Å². The van der Waals surface area contributed by atoms with E-state index in [1.54, 1.807) is 0 Å². The van der Waals surface area contributed by atoms with E-state index in [1.165, 1.54) is 0 Å². The van der Waals surface area contributed by atoms with Gasteiger partial charge < -0.3 is 15.2 Å². The van der Waals surface area contributed by atoms with E-state index in [0.29, 0.717) is 13.2 Å². The van der Waals surface area contributed by atoms with E-state index in [4.69, 9.17) is 15.2 Å². The van der Waals surface area contributed by atoms with E-state index in [-0.39, 0.29) is 0 Å². The monoisotopic (exact) mass is 209 g/mol. The SMILES string of the molecule is CCCOc1ccc(CN)c(OCC)c1. The van der Waals surface area contributed by atoms with Crippen LogP contribution < -0.4 is 15.2 Å². The molecule has 0 aliphatic heterocycles. The lowest BCUT2D eigenvalue weighted by atomic mass is 10.2. The van der Waals surface area contributed by atoms with Gasteiger partial charge in [-0.2, -0.15) is 0 Å². The molecule has 0 saturated carbocycles. The Hall–Kier alpha value is -1.22. The molecule has 0 aliphatic carbocycles. The topological polar surface area (TPSA) is 44.5 Å². The summed E-state index contributed by atoms with van der Waals surface area (Å²) in [6.45, 7) is 5.90. The second-order valence-electron chi connectivity index (χ2n) is 3.26. The van der Waals surface area contributed by atoms with Crippen LogP contribution in [0.5, 0.6) is 11.5 Å². The predicted molar refractivity (Wildman–Crippen MR) is 61.3 cm³/mol. The summed E-state index contributed by atoms with van der Waals surface area (Å²) in [5, 5.41) is 0. The first-order valence-corrected chi connectivity index (χ1v) is 5.40. The molecule has 0 radical (unpaired) electrons. The number of hydrogen-bond donors (Lipinski definition) is 1. The number of hydrogen-bond acceptors (Lipinski definition) is 3. The van der Waals surface area contributed by atoms with Gasteiger partial charge in [-0.3, -0.25) is 0 Å². The van der Waals surface area contributed by atoms with Crippen LogP contribution in [0.15, 0.2) is 18.2 Å². The molecule has 3 heteroatoms. The largest absolute Gasteiger partial charge is 0.493 e. The van der Waals surface area contributed by atoms with Crippen molar-refractivity contribution in [3.63, 3.8) is 0 Å². The van der Waals surface area contributed by atoms with Crippen LogP contribution in [0.2, 0.25) is 0 Å². The van der Waals surface area contributed by atoms with E-state index >= 15 is 0 Å². The fourth-order valence-corrected chi connectivity index (χ4v) is 1.30. The first-order chi connectivity index (χ1) is 7.31. The van der Waals surface area contributed by atoms with Gasteiger partial charge in [0, 0.05) is 18.2 Å². The Bertz CT molecular complexity index is 300. The Balaban J connectivity index is 2.79. The second-order valence-corrected chi connectivity index (χ2v) is 3.26.